The first kappa shape index (κ1) is 14.1. The van der Waals surface area contributed by atoms with Gasteiger partial charge in [-0.25, -0.2) is 4.98 Å². The van der Waals surface area contributed by atoms with Gasteiger partial charge in [0, 0.05) is 5.39 Å². The van der Waals surface area contributed by atoms with Crippen LogP contribution in [0, 0.1) is 0 Å². The van der Waals surface area contributed by atoms with E-state index in [1.165, 1.54) is 0 Å². The highest BCUT2D eigenvalue weighted by atomic mass is 28.3. The summed E-state index contributed by atoms with van der Waals surface area (Å²) in [6.07, 6.45) is 3.76. The van der Waals surface area contributed by atoms with E-state index in [2.05, 4.69) is 22.9 Å². The molecule has 2 rings (SSSR count). The topological polar surface area (TPSA) is 49.3 Å². The van der Waals surface area contributed by atoms with Gasteiger partial charge >= 0.3 is 0 Å². The number of hydrogen-bond acceptors (Lipinski definition) is 1. The number of para-hydroxylation sites is 1. The van der Waals surface area contributed by atoms with E-state index < -0.39 is 8.80 Å². The Bertz CT molecular complexity index is 677. The number of rotatable bonds is 6. The minimum absolute atomic E-state index is 0.718. The molecule has 0 unspecified atom stereocenters. The van der Waals surface area contributed by atoms with Gasteiger partial charge in [0.15, 0.2) is 8.80 Å². The van der Waals surface area contributed by atoms with Crippen molar-refractivity contribution >= 4 is 25.0 Å². The molecule has 1 aromatic heterocycles. The third-order valence-electron chi connectivity index (χ3n) is 3.26. The van der Waals surface area contributed by atoms with Gasteiger partial charge in [-0.2, -0.15) is 4.79 Å². The highest BCUT2D eigenvalue weighted by molar-refractivity contribution is 6.93. The van der Waals surface area contributed by atoms with Crippen LogP contribution in [-0.2, 0) is 0 Å². The minimum atomic E-state index is -1.45. The average molecular weight is 279 g/mol. The van der Waals surface area contributed by atoms with Gasteiger partial charge in [-0.05, 0) is 24.2 Å². The van der Waals surface area contributed by atoms with Crippen molar-refractivity contribution in [1.82, 2.24) is 4.98 Å². The summed E-state index contributed by atoms with van der Waals surface area (Å²) < 4.78 is 0. The Balaban J connectivity index is 2.45. The van der Waals surface area contributed by atoms with Crippen LogP contribution in [0.2, 0.25) is 12.1 Å². The molecule has 0 amide bonds. The third kappa shape index (κ3) is 2.99. The number of allylic oxidation sites excluding steroid dienone is 2. The van der Waals surface area contributed by atoms with Gasteiger partial charge in [-0.15, -0.1) is 13.2 Å². The van der Waals surface area contributed by atoms with E-state index in [1.54, 1.807) is 0 Å². The normalized spacial score (nSPS) is 10.2. The summed E-state index contributed by atoms with van der Waals surface area (Å²) in [6, 6.07) is 13.6. The Morgan fingerprint density at radius 2 is 1.85 bits per heavy atom. The van der Waals surface area contributed by atoms with Gasteiger partial charge in [0.1, 0.15) is 5.69 Å². The molecular weight excluding hydrogens is 262 g/mol. The molecular formula is C16H17N3Si. The summed E-state index contributed by atoms with van der Waals surface area (Å²) in [6.45, 7) is 7.57. The monoisotopic (exact) mass is 279 g/mol. The van der Waals surface area contributed by atoms with E-state index in [9.17, 15) is 5.53 Å². The fourth-order valence-corrected chi connectivity index (χ4v) is 4.46. The van der Waals surface area contributed by atoms with Crippen LogP contribution in [0.4, 0.5) is 0 Å². The van der Waals surface area contributed by atoms with Crippen LogP contribution in [0.15, 0.2) is 61.7 Å². The third-order valence-corrected chi connectivity index (χ3v) is 6.25. The SMILES string of the molecule is C=CC[SiH](CC=C)C(=[N+]=[N-])c1ccc2ccccc2n1. The molecule has 0 N–H and O–H groups in total. The van der Waals surface area contributed by atoms with Gasteiger partial charge in [0.05, 0.1) is 5.52 Å². The summed E-state index contributed by atoms with van der Waals surface area (Å²) in [5.41, 5.74) is 11.1. The Labute approximate surface area is 120 Å². The second kappa shape index (κ2) is 6.75. The fourth-order valence-electron chi connectivity index (χ4n) is 2.27. The summed E-state index contributed by atoms with van der Waals surface area (Å²) in [4.78, 5) is 8.13. The Kier molecular flexibility index (Phi) is 4.77. The molecule has 0 aliphatic heterocycles. The van der Waals surface area contributed by atoms with E-state index in [0.717, 1.165) is 34.0 Å². The average Bonchev–Trinajstić information content (AvgIpc) is 2.48. The maximum atomic E-state index is 9.39. The Morgan fingerprint density at radius 3 is 2.50 bits per heavy atom. The van der Waals surface area contributed by atoms with Gasteiger partial charge in [-0.1, -0.05) is 36.4 Å². The molecule has 0 saturated carbocycles. The first-order valence-corrected chi connectivity index (χ1v) is 8.81. The van der Waals surface area contributed by atoms with Crippen molar-refractivity contribution in [2.45, 2.75) is 12.1 Å². The van der Waals surface area contributed by atoms with E-state index in [4.69, 9.17) is 0 Å². The van der Waals surface area contributed by atoms with Crippen LogP contribution < -0.4 is 0 Å². The predicted octanol–water partition coefficient (Wildman–Crippen LogP) is 3.39. The van der Waals surface area contributed by atoms with Crippen LogP contribution in [0.3, 0.4) is 0 Å². The number of pyridine rings is 1. The van der Waals surface area contributed by atoms with Crippen LogP contribution >= 0.6 is 0 Å². The van der Waals surface area contributed by atoms with Crippen LogP contribution in [0.1, 0.15) is 5.69 Å². The van der Waals surface area contributed by atoms with Crippen LogP contribution in [0.25, 0.3) is 16.4 Å². The molecule has 0 saturated heterocycles. The zero-order chi connectivity index (χ0) is 14.4. The van der Waals surface area contributed by atoms with Crippen LogP contribution in [0.5, 0.6) is 0 Å². The molecule has 0 aliphatic rings. The fraction of sp³-hybridized carbons (Fsp3) is 0.125. The van der Waals surface area contributed by atoms with Gasteiger partial charge in [0.2, 0.25) is 0 Å². The first-order chi connectivity index (χ1) is 9.80. The van der Waals surface area contributed by atoms with Crippen LogP contribution in [-0.4, -0.2) is 23.9 Å². The highest BCUT2D eigenvalue weighted by Gasteiger charge is 2.26. The molecule has 0 fully saturated rings. The Morgan fingerprint density at radius 1 is 1.15 bits per heavy atom. The number of benzene rings is 1. The summed E-state index contributed by atoms with van der Waals surface area (Å²) in [7, 11) is -1.45. The summed E-state index contributed by atoms with van der Waals surface area (Å²) in [5, 5.41) is 1.80. The quantitative estimate of drug-likeness (QED) is 0.263. The highest BCUT2D eigenvalue weighted by Crippen LogP contribution is 2.14. The molecule has 1 heterocycles. The number of hydrogen-bond donors (Lipinski definition) is 0. The lowest BCUT2D eigenvalue weighted by atomic mass is 10.2. The van der Waals surface area contributed by atoms with Crippen molar-refractivity contribution in [2.24, 2.45) is 0 Å². The lowest BCUT2D eigenvalue weighted by Crippen LogP contribution is -2.27. The van der Waals surface area contributed by atoms with Crippen molar-refractivity contribution in [3.8, 4) is 0 Å². The van der Waals surface area contributed by atoms with E-state index in [0.29, 0.717) is 0 Å². The smallest absolute Gasteiger partial charge is 0.281 e. The molecule has 3 nitrogen and oxygen atoms in total. The number of fused-ring (bicyclic) bond motifs is 1. The van der Waals surface area contributed by atoms with E-state index in [-0.39, 0.29) is 0 Å². The molecule has 0 bridgehead atoms. The number of nitrogens with zero attached hydrogens (tertiary/aromatic N) is 3. The number of aromatic nitrogens is 1. The largest absolute Gasteiger partial charge is 0.362 e. The predicted molar refractivity (Wildman–Crippen MR) is 86.6 cm³/mol. The van der Waals surface area contributed by atoms with Gasteiger partial charge < -0.3 is 5.53 Å². The zero-order valence-corrected chi connectivity index (χ0v) is 12.5. The van der Waals surface area contributed by atoms with Crippen molar-refractivity contribution in [3.63, 3.8) is 0 Å². The second-order valence-corrected chi connectivity index (χ2v) is 7.50. The molecule has 100 valence electrons. The summed E-state index contributed by atoms with van der Waals surface area (Å²) in [5.74, 6) is 0. The first-order valence-electron chi connectivity index (χ1n) is 6.60. The molecule has 0 aliphatic carbocycles. The van der Waals surface area contributed by atoms with Crippen molar-refractivity contribution in [1.29, 1.82) is 0 Å². The van der Waals surface area contributed by atoms with Gasteiger partial charge in [-0.3, -0.25) is 0 Å². The molecule has 1 aromatic carbocycles. The van der Waals surface area contributed by atoms with Crippen molar-refractivity contribution in [3.05, 3.63) is 72.9 Å². The molecule has 0 radical (unpaired) electrons. The molecule has 2 aromatic rings. The maximum Gasteiger partial charge on any atom is 0.281 e. The summed E-state index contributed by atoms with van der Waals surface area (Å²) >= 11 is 0. The van der Waals surface area contributed by atoms with E-state index >= 15 is 0 Å². The van der Waals surface area contributed by atoms with Crippen molar-refractivity contribution < 1.29 is 4.79 Å². The standard InChI is InChI=1S/C16H17N3Si/c1-3-11-20(12-4-2)16(19-17)15-10-9-13-7-5-6-8-14(13)18-15/h3-10,20H,1-2,11-12H2. The molecule has 0 spiro atoms. The van der Waals surface area contributed by atoms with E-state index in [1.807, 2.05) is 48.6 Å². The molecule has 20 heavy (non-hydrogen) atoms. The maximum absolute atomic E-state index is 9.39. The second-order valence-electron chi connectivity index (χ2n) is 4.62. The zero-order valence-electron chi connectivity index (χ0n) is 11.4. The van der Waals surface area contributed by atoms with Gasteiger partial charge in [0.25, 0.3) is 5.33 Å². The lowest BCUT2D eigenvalue weighted by Gasteiger charge is -2.06. The minimum Gasteiger partial charge on any atom is -0.362 e. The lowest BCUT2D eigenvalue weighted by molar-refractivity contribution is -0.000236. The Hall–Kier alpha value is -2.29. The molecule has 4 heteroatoms. The van der Waals surface area contributed by atoms with Crippen molar-refractivity contribution in [2.75, 3.05) is 0 Å². The molecule has 0 atom stereocenters.